The predicted molar refractivity (Wildman–Crippen MR) is 65.8 cm³/mol. The summed E-state index contributed by atoms with van der Waals surface area (Å²) in [5.74, 6) is -0.00777. The van der Waals surface area contributed by atoms with Crippen LogP contribution in [0.3, 0.4) is 0 Å². The van der Waals surface area contributed by atoms with Gasteiger partial charge in [0, 0.05) is 18.4 Å². The summed E-state index contributed by atoms with van der Waals surface area (Å²) < 4.78 is 21.5. The van der Waals surface area contributed by atoms with Gasteiger partial charge in [0.05, 0.1) is 17.1 Å². The topological polar surface area (TPSA) is 98.0 Å². The van der Waals surface area contributed by atoms with Gasteiger partial charge in [-0.25, -0.2) is 13.6 Å². The predicted octanol–water partition coefficient (Wildman–Crippen LogP) is 0.114. The SMILES string of the molecule is Cc1nccnc1C(C)NCCCS(N)(=O)=O. The van der Waals surface area contributed by atoms with Crippen molar-refractivity contribution < 1.29 is 8.42 Å². The minimum atomic E-state index is -3.36. The van der Waals surface area contributed by atoms with E-state index < -0.39 is 10.0 Å². The maximum absolute atomic E-state index is 10.7. The molecule has 1 rings (SSSR count). The van der Waals surface area contributed by atoms with Gasteiger partial charge in [0.1, 0.15) is 0 Å². The van der Waals surface area contributed by atoms with Gasteiger partial charge >= 0.3 is 0 Å². The molecular weight excluding hydrogens is 240 g/mol. The van der Waals surface area contributed by atoms with Crippen molar-refractivity contribution in [2.24, 2.45) is 5.14 Å². The standard InChI is InChI=1S/C10H18N4O2S/c1-8(10-9(2)13-5-6-14-10)12-4-3-7-17(11,15)16/h5-6,8,12H,3-4,7H2,1-2H3,(H2,11,15,16). The van der Waals surface area contributed by atoms with E-state index in [1.54, 1.807) is 12.4 Å². The monoisotopic (exact) mass is 258 g/mol. The van der Waals surface area contributed by atoms with Gasteiger partial charge in [-0.05, 0) is 26.8 Å². The second-order valence-electron chi connectivity index (χ2n) is 3.92. The summed E-state index contributed by atoms with van der Waals surface area (Å²) in [7, 11) is -3.36. The first-order chi connectivity index (χ1) is 7.90. The zero-order valence-electron chi connectivity index (χ0n) is 10.0. The third-order valence-electron chi connectivity index (χ3n) is 2.39. The molecule has 3 N–H and O–H groups in total. The van der Waals surface area contributed by atoms with Crippen LogP contribution >= 0.6 is 0 Å². The Hall–Kier alpha value is -1.05. The number of nitrogens with one attached hydrogen (secondary N) is 1. The van der Waals surface area contributed by atoms with Gasteiger partial charge < -0.3 is 5.32 Å². The highest BCUT2D eigenvalue weighted by Crippen LogP contribution is 2.11. The van der Waals surface area contributed by atoms with Crippen molar-refractivity contribution in [3.05, 3.63) is 23.8 Å². The number of hydrogen-bond acceptors (Lipinski definition) is 5. The van der Waals surface area contributed by atoms with Crippen molar-refractivity contribution in [1.29, 1.82) is 0 Å². The van der Waals surface area contributed by atoms with Crippen molar-refractivity contribution in [3.8, 4) is 0 Å². The lowest BCUT2D eigenvalue weighted by Gasteiger charge is -2.14. The highest BCUT2D eigenvalue weighted by atomic mass is 32.2. The maximum atomic E-state index is 10.7. The number of primary sulfonamides is 1. The van der Waals surface area contributed by atoms with Crippen LogP contribution in [-0.4, -0.2) is 30.7 Å². The largest absolute Gasteiger partial charge is 0.309 e. The zero-order chi connectivity index (χ0) is 12.9. The number of rotatable bonds is 6. The molecule has 6 nitrogen and oxygen atoms in total. The molecule has 0 spiro atoms. The van der Waals surface area contributed by atoms with Gasteiger partial charge in [-0.3, -0.25) is 9.97 Å². The van der Waals surface area contributed by atoms with Crippen LogP contribution in [0.25, 0.3) is 0 Å². The van der Waals surface area contributed by atoms with Crippen LogP contribution < -0.4 is 10.5 Å². The Balaban J connectivity index is 2.41. The van der Waals surface area contributed by atoms with E-state index in [0.717, 1.165) is 11.4 Å². The molecule has 0 saturated carbocycles. The lowest BCUT2D eigenvalue weighted by Crippen LogP contribution is -2.25. The first kappa shape index (κ1) is 14.0. The molecule has 1 aromatic rings. The molecule has 1 aromatic heterocycles. The van der Waals surface area contributed by atoms with Crippen LogP contribution in [0.15, 0.2) is 12.4 Å². The molecule has 17 heavy (non-hydrogen) atoms. The fourth-order valence-corrected chi connectivity index (χ4v) is 2.08. The Labute approximate surface area is 102 Å². The fraction of sp³-hybridized carbons (Fsp3) is 0.600. The quantitative estimate of drug-likeness (QED) is 0.706. The third-order valence-corrected chi connectivity index (χ3v) is 3.24. The minimum absolute atomic E-state index is 0.00777. The van der Waals surface area contributed by atoms with E-state index in [-0.39, 0.29) is 11.8 Å². The van der Waals surface area contributed by atoms with E-state index in [9.17, 15) is 8.42 Å². The van der Waals surface area contributed by atoms with E-state index in [1.165, 1.54) is 0 Å². The van der Waals surface area contributed by atoms with Crippen LogP contribution in [0.2, 0.25) is 0 Å². The third kappa shape index (κ3) is 5.20. The van der Waals surface area contributed by atoms with Crippen LogP contribution in [0.5, 0.6) is 0 Å². The number of hydrogen-bond donors (Lipinski definition) is 2. The second kappa shape index (κ2) is 6.04. The van der Waals surface area contributed by atoms with E-state index in [1.807, 2.05) is 13.8 Å². The molecule has 0 fully saturated rings. The molecule has 0 saturated heterocycles. The van der Waals surface area contributed by atoms with Gasteiger partial charge in [-0.15, -0.1) is 0 Å². The van der Waals surface area contributed by atoms with Crippen LogP contribution in [-0.2, 0) is 10.0 Å². The summed E-state index contributed by atoms with van der Waals surface area (Å²) >= 11 is 0. The first-order valence-electron chi connectivity index (χ1n) is 5.41. The normalized spacial score (nSPS) is 13.6. The van der Waals surface area contributed by atoms with Crippen molar-refractivity contribution >= 4 is 10.0 Å². The number of nitrogens with two attached hydrogens (primary N) is 1. The number of sulfonamides is 1. The second-order valence-corrected chi connectivity index (χ2v) is 5.66. The average molecular weight is 258 g/mol. The van der Waals surface area contributed by atoms with Gasteiger partial charge in [0.2, 0.25) is 10.0 Å². The summed E-state index contributed by atoms with van der Waals surface area (Å²) in [5, 5.41) is 8.10. The summed E-state index contributed by atoms with van der Waals surface area (Å²) in [4.78, 5) is 8.39. The molecule has 0 aromatic carbocycles. The molecule has 0 aliphatic heterocycles. The minimum Gasteiger partial charge on any atom is -0.309 e. The molecule has 0 aliphatic rings. The number of aryl methyl sites for hydroxylation is 1. The van der Waals surface area contributed by atoms with Crippen LogP contribution in [0, 0.1) is 6.92 Å². The van der Waals surface area contributed by atoms with Gasteiger partial charge in [-0.1, -0.05) is 0 Å². The van der Waals surface area contributed by atoms with Crippen molar-refractivity contribution in [2.75, 3.05) is 12.3 Å². The Morgan fingerprint density at radius 2 is 2.06 bits per heavy atom. The lowest BCUT2D eigenvalue weighted by molar-refractivity contribution is 0.547. The number of aromatic nitrogens is 2. The fourth-order valence-electron chi connectivity index (χ4n) is 1.53. The number of nitrogens with zero attached hydrogens (tertiary/aromatic N) is 2. The maximum Gasteiger partial charge on any atom is 0.209 e. The molecule has 7 heteroatoms. The molecule has 1 atom stereocenters. The molecule has 1 unspecified atom stereocenters. The summed E-state index contributed by atoms with van der Waals surface area (Å²) in [6, 6.07) is 0.0455. The highest BCUT2D eigenvalue weighted by Gasteiger charge is 2.10. The van der Waals surface area contributed by atoms with Crippen molar-refractivity contribution in [3.63, 3.8) is 0 Å². The Bertz CT molecular complexity index is 461. The summed E-state index contributed by atoms with van der Waals surface area (Å²) in [5.41, 5.74) is 1.75. The molecule has 0 radical (unpaired) electrons. The molecule has 0 amide bonds. The van der Waals surface area contributed by atoms with Crippen LogP contribution in [0.1, 0.15) is 30.8 Å². The Kier molecular flexibility index (Phi) is 4.98. The summed E-state index contributed by atoms with van der Waals surface area (Å²) in [6.07, 6.45) is 3.78. The van der Waals surface area contributed by atoms with Crippen molar-refractivity contribution in [2.45, 2.75) is 26.3 Å². The van der Waals surface area contributed by atoms with Gasteiger partial charge in [0.25, 0.3) is 0 Å². The average Bonchev–Trinajstić information content (AvgIpc) is 2.23. The highest BCUT2D eigenvalue weighted by molar-refractivity contribution is 7.89. The molecule has 96 valence electrons. The summed E-state index contributed by atoms with van der Waals surface area (Å²) in [6.45, 7) is 4.44. The van der Waals surface area contributed by atoms with E-state index in [2.05, 4.69) is 15.3 Å². The van der Waals surface area contributed by atoms with E-state index in [0.29, 0.717) is 13.0 Å². The van der Waals surface area contributed by atoms with E-state index in [4.69, 9.17) is 5.14 Å². The Morgan fingerprint density at radius 3 is 2.65 bits per heavy atom. The van der Waals surface area contributed by atoms with Crippen molar-refractivity contribution in [1.82, 2.24) is 15.3 Å². The first-order valence-corrected chi connectivity index (χ1v) is 7.13. The molecular formula is C10H18N4O2S. The molecule has 0 aliphatic carbocycles. The lowest BCUT2D eigenvalue weighted by atomic mass is 10.2. The zero-order valence-corrected chi connectivity index (χ0v) is 10.9. The Morgan fingerprint density at radius 1 is 1.41 bits per heavy atom. The van der Waals surface area contributed by atoms with E-state index >= 15 is 0 Å². The van der Waals surface area contributed by atoms with Gasteiger partial charge in [-0.2, -0.15) is 0 Å². The molecule has 0 bridgehead atoms. The van der Waals surface area contributed by atoms with Gasteiger partial charge in [0.15, 0.2) is 0 Å². The molecule has 1 heterocycles. The van der Waals surface area contributed by atoms with Crippen LogP contribution in [0.4, 0.5) is 0 Å². The smallest absolute Gasteiger partial charge is 0.209 e.